The highest BCUT2D eigenvalue weighted by Gasteiger charge is 2.32. The highest BCUT2D eigenvalue weighted by atomic mass is 32.2. The number of amides is 2. The van der Waals surface area contributed by atoms with Gasteiger partial charge in [-0.15, -0.1) is 11.8 Å². The molecule has 3 aromatic carbocycles. The average Bonchev–Trinajstić information content (AvgIpc) is 2.75. The summed E-state index contributed by atoms with van der Waals surface area (Å²) in [5, 5.41) is 1.80. The smallest absolute Gasteiger partial charge is 0.261 e. The number of benzene rings is 3. The first-order valence-corrected chi connectivity index (χ1v) is 11.0. The molecule has 3 nitrogen and oxygen atoms in total. The summed E-state index contributed by atoms with van der Waals surface area (Å²) in [6, 6.07) is 19.5. The van der Waals surface area contributed by atoms with Crippen molar-refractivity contribution in [2.45, 2.75) is 24.7 Å². The maximum absolute atomic E-state index is 13.1. The Labute approximate surface area is 175 Å². The predicted molar refractivity (Wildman–Crippen MR) is 120 cm³/mol. The van der Waals surface area contributed by atoms with Gasteiger partial charge in [0.2, 0.25) is 0 Å². The van der Waals surface area contributed by atoms with Gasteiger partial charge in [0.1, 0.15) is 0 Å². The van der Waals surface area contributed by atoms with E-state index in [0.717, 1.165) is 39.8 Å². The predicted octanol–water partition coefficient (Wildman–Crippen LogP) is 6.04. The van der Waals surface area contributed by atoms with Crippen LogP contribution in [0.3, 0.4) is 0 Å². The Morgan fingerprint density at radius 3 is 2.41 bits per heavy atom. The fourth-order valence-electron chi connectivity index (χ4n) is 3.60. The third kappa shape index (κ3) is 3.85. The number of rotatable bonds is 7. The lowest BCUT2D eigenvalue weighted by atomic mass is 9.94. The number of thioether (sulfide) groups is 1. The molecule has 29 heavy (non-hydrogen) atoms. The molecule has 0 aliphatic carbocycles. The molecule has 146 valence electrons. The van der Waals surface area contributed by atoms with Crippen LogP contribution in [0.5, 0.6) is 0 Å². The van der Waals surface area contributed by atoms with Gasteiger partial charge in [-0.1, -0.05) is 68.0 Å². The van der Waals surface area contributed by atoms with Crippen LogP contribution in [0.25, 0.3) is 16.8 Å². The Kier molecular flexibility index (Phi) is 5.81. The number of carbonyl (C=O) groups is 2. The molecule has 0 saturated carbocycles. The first-order chi connectivity index (χ1) is 14.2. The second kappa shape index (κ2) is 8.66. The maximum Gasteiger partial charge on any atom is 0.261 e. The topological polar surface area (TPSA) is 37.4 Å². The summed E-state index contributed by atoms with van der Waals surface area (Å²) >= 11 is 1.79. The van der Waals surface area contributed by atoms with Crippen LogP contribution in [-0.4, -0.2) is 29.0 Å². The molecule has 0 saturated heterocycles. The van der Waals surface area contributed by atoms with Crippen molar-refractivity contribution in [2.24, 2.45) is 0 Å². The van der Waals surface area contributed by atoms with Crippen molar-refractivity contribution in [3.8, 4) is 0 Å². The highest BCUT2D eigenvalue weighted by Crippen LogP contribution is 2.36. The van der Waals surface area contributed by atoms with Gasteiger partial charge in [-0.05, 0) is 41.3 Å². The Morgan fingerprint density at radius 2 is 1.66 bits per heavy atom. The van der Waals surface area contributed by atoms with Gasteiger partial charge in [0.15, 0.2) is 0 Å². The molecule has 0 atom stereocenters. The van der Waals surface area contributed by atoms with Crippen LogP contribution < -0.4 is 0 Å². The molecule has 0 N–H and O–H groups in total. The summed E-state index contributed by atoms with van der Waals surface area (Å²) in [5.74, 6) is 0.594. The van der Waals surface area contributed by atoms with Gasteiger partial charge in [0.25, 0.3) is 11.8 Å². The molecular weight excluding hydrogens is 378 g/mol. The van der Waals surface area contributed by atoms with Gasteiger partial charge >= 0.3 is 0 Å². The summed E-state index contributed by atoms with van der Waals surface area (Å²) in [6.07, 6.45) is 6.10. The molecule has 1 aliphatic rings. The van der Waals surface area contributed by atoms with Crippen LogP contribution in [0.1, 0.15) is 46.0 Å². The van der Waals surface area contributed by atoms with E-state index in [-0.39, 0.29) is 18.4 Å². The van der Waals surface area contributed by atoms with Gasteiger partial charge in [-0.25, -0.2) is 0 Å². The van der Waals surface area contributed by atoms with E-state index in [1.54, 1.807) is 11.8 Å². The SMILES string of the molecule is CCCCSc1ccc2c3c(cccc13)C(=O)N(C/C=C/c1ccccc1)C2=O. The lowest BCUT2D eigenvalue weighted by molar-refractivity contribution is 0.0629. The minimum atomic E-state index is -0.221. The minimum absolute atomic E-state index is 0.221. The molecule has 3 aromatic rings. The van der Waals surface area contributed by atoms with Crippen molar-refractivity contribution in [2.75, 3.05) is 12.3 Å². The van der Waals surface area contributed by atoms with Crippen molar-refractivity contribution in [3.05, 3.63) is 83.4 Å². The van der Waals surface area contributed by atoms with Crippen molar-refractivity contribution in [1.82, 2.24) is 4.90 Å². The van der Waals surface area contributed by atoms with E-state index >= 15 is 0 Å². The second-order valence-electron chi connectivity index (χ2n) is 7.08. The van der Waals surface area contributed by atoms with E-state index in [2.05, 4.69) is 6.92 Å². The van der Waals surface area contributed by atoms with Crippen molar-refractivity contribution in [3.63, 3.8) is 0 Å². The quantitative estimate of drug-likeness (QED) is 0.275. The first kappa shape index (κ1) is 19.5. The summed E-state index contributed by atoms with van der Waals surface area (Å²) in [6.45, 7) is 2.44. The van der Waals surface area contributed by atoms with E-state index in [4.69, 9.17) is 0 Å². The molecule has 1 aliphatic heterocycles. The molecule has 2 amide bonds. The van der Waals surface area contributed by atoms with Crippen LogP contribution in [0.4, 0.5) is 0 Å². The fraction of sp³-hybridized carbons (Fsp3) is 0.200. The van der Waals surface area contributed by atoms with Crippen LogP contribution in [0, 0.1) is 0 Å². The van der Waals surface area contributed by atoms with E-state index in [1.165, 1.54) is 4.90 Å². The lowest BCUT2D eigenvalue weighted by Crippen LogP contribution is -2.40. The summed E-state index contributed by atoms with van der Waals surface area (Å²) in [5.41, 5.74) is 2.27. The molecule has 4 rings (SSSR count). The number of hydrogen-bond acceptors (Lipinski definition) is 3. The Morgan fingerprint density at radius 1 is 0.897 bits per heavy atom. The van der Waals surface area contributed by atoms with Crippen LogP contribution in [-0.2, 0) is 0 Å². The molecule has 0 fully saturated rings. The molecule has 4 heteroatoms. The van der Waals surface area contributed by atoms with Gasteiger partial charge in [-0.2, -0.15) is 0 Å². The first-order valence-electron chi connectivity index (χ1n) is 9.97. The molecule has 0 bridgehead atoms. The minimum Gasteiger partial charge on any atom is -0.270 e. The van der Waals surface area contributed by atoms with Crippen LogP contribution in [0.2, 0.25) is 0 Å². The number of unbranched alkanes of at least 4 members (excludes halogenated alkanes) is 1. The molecular formula is C25H23NO2S. The van der Waals surface area contributed by atoms with Gasteiger partial charge in [-0.3, -0.25) is 14.5 Å². The zero-order valence-electron chi connectivity index (χ0n) is 16.4. The number of imide groups is 1. The summed E-state index contributed by atoms with van der Waals surface area (Å²) in [7, 11) is 0. The van der Waals surface area contributed by atoms with E-state index in [9.17, 15) is 9.59 Å². The summed E-state index contributed by atoms with van der Waals surface area (Å²) < 4.78 is 0. The largest absolute Gasteiger partial charge is 0.270 e. The maximum atomic E-state index is 13.1. The average molecular weight is 402 g/mol. The van der Waals surface area contributed by atoms with E-state index in [1.807, 2.05) is 72.8 Å². The number of nitrogens with zero attached hydrogens (tertiary/aromatic N) is 1. The normalized spacial score (nSPS) is 13.6. The second-order valence-corrected chi connectivity index (χ2v) is 8.21. The molecule has 0 spiro atoms. The van der Waals surface area contributed by atoms with E-state index < -0.39 is 0 Å². The van der Waals surface area contributed by atoms with Crippen LogP contribution >= 0.6 is 11.8 Å². The Balaban J connectivity index is 1.65. The summed E-state index contributed by atoms with van der Waals surface area (Å²) in [4.78, 5) is 28.7. The zero-order valence-corrected chi connectivity index (χ0v) is 17.2. The highest BCUT2D eigenvalue weighted by molar-refractivity contribution is 7.99. The monoisotopic (exact) mass is 401 g/mol. The van der Waals surface area contributed by atoms with Gasteiger partial charge in [0.05, 0.1) is 0 Å². The molecule has 1 heterocycles. The third-order valence-corrected chi connectivity index (χ3v) is 6.26. The Bertz CT molecular complexity index is 1070. The van der Waals surface area contributed by atoms with Gasteiger partial charge < -0.3 is 0 Å². The fourth-order valence-corrected chi connectivity index (χ4v) is 4.74. The van der Waals surface area contributed by atoms with Gasteiger partial charge in [0, 0.05) is 28.0 Å². The number of hydrogen-bond donors (Lipinski definition) is 0. The lowest BCUT2D eigenvalue weighted by Gasteiger charge is -2.27. The van der Waals surface area contributed by atoms with E-state index in [0.29, 0.717) is 11.1 Å². The zero-order chi connectivity index (χ0) is 20.2. The van der Waals surface area contributed by atoms with Crippen molar-refractivity contribution in [1.29, 1.82) is 0 Å². The standard InChI is InChI=1S/C25H23NO2S/c1-2-3-17-29-22-15-14-21-23-19(22)12-7-13-20(23)24(27)26(25(21)28)16-8-11-18-9-5-4-6-10-18/h4-15H,2-3,16-17H2,1H3/b11-8+. The molecule has 0 aromatic heterocycles. The van der Waals surface area contributed by atoms with Crippen molar-refractivity contribution >= 4 is 40.4 Å². The Hall–Kier alpha value is -2.85. The molecule has 0 radical (unpaired) electrons. The third-order valence-electron chi connectivity index (χ3n) is 5.11. The molecule has 0 unspecified atom stereocenters. The van der Waals surface area contributed by atoms with Crippen molar-refractivity contribution < 1.29 is 9.59 Å². The van der Waals surface area contributed by atoms with Crippen LogP contribution in [0.15, 0.2) is 71.6 Å². The number of carbonyl (C=O) groups excluding carboxylic acids is 2.